The van der Waals surface area contributed by atoms with Gasteiger partial charge in [-0.2, -0.15) is 5.10 Å². The molecule has 1 amide bonds. The Bertz CT molecular complexity index is 615. The molecule has 23 heavy (non-hydrogen) atoms. The summed E-state index contributed by atoms with van der Waals surface area (Å²) in [6, 6.07) is 9.74. The van der Waals surface area contributed by atoms with Crippen molar-refractivity contribution in [2.45, 2.75) is 38.8 Å². The van der Waals surface area contributed by atoms with E-state index in [9.17, 15) is 4.79 Å². The van der Waals surface area contributed by atoms with Gasteiger partial charge in [-0.3, -0.25) is 0 Å². The molecule has 1 atom stereocenters. The van der Waals surface area contributed by atoms with Gasteiger partial charge in [0.05, 0.1) is 5.69 Å². The Morgan fingerprint density at radius 1 is 1.35 bits per heavy atom. The van der Waals surface area contributed by atoms with E-state index in [-0.39, 0.29) is 6.04 Å². The summed E-state index contributed by atoms with van der Waals surface area (Å²) in [5.41, 5.74) is 7.67. The molecule has 0 aliphatic carbocycles. The monoisotopic (exact) mass is 316 g/mol. The van der Waals surface area contributed by atoms with Gasteiger partial charge in [0.15, 0.2) is 0 Å². The quantitative estimate of drug-likeness (QED) is 0.886. The first-order valence-corrected chi connectivity index (χ1v) is 7.65. The van der Waals surface area contributed by atoms with E-state index in [2.05, 4.69) is 10.4 Å². The third-order valence-electron chi connectivity index (χ3n) is 3.11. The van der Waals surface area contributed by atoms with Gasteiger partial charge in [-0.15, -0.1) is 0 Å². The maximum absolute atomic E-state index is 11.6. The summed E-state index contributed by atoms with van der Waals surface area (Å²) in [6.45, 7) is 5.85. The fraction of sp³-hybridized carbons (Fsp3) is 0.412. The number of ether oxygens (including phenoxy) is 1. The lowest BCUT2D eigenvalue weighted by Crippen LogP contribution is -2.41. The van der Waals surface area contributed by atoms with Crippen molar-refractivity contribution >= 4 is 6.09 Å². The smallest absolute Gasteiger partial charge is 0.407 e. The molecule has 2 aromatic rings. The fourth-order valence-corrected chi connectivity index (χ4v) is 2.11. The summed E-state index contributed by atoms with van der Waals surface area (Å²) in [5, 5.41) is 6.88. The van der Waals surface area contributed by atoms with Crippen LogP contribution in [0.15, 0.2) is 42.7 Å². The topological polar surface area (TPSA) is 82.2 Å². The number of nitrogens with two attached hydrogens (primary N) is 1. The first-order valence-electron chi connectivity index (χ1n) is 7.65. The lowest BCUT2D eigenvalue weighted by atomic mass is 10.1. The van der Waals surface area contributed by atoms with Crippen molar-refractivity contribution in [3.05, 3.63) is 48.3 Å². The van der Waals surface area contributed by atoms with Gasteiger partial charge in [0, 0.05) is 25.0 Å². The highest BCUT2D eigenvalue weighted by Gasteiger charge is 2.16. The van der Waals surface area contributed by atoms with Crippen LogP contribution in [0.3, 0.4) is 0 Å². The minimum atomic E-state index is -0.503. The van der Waals surface area contributed by atoms with E-state index < -0.39 is 11.7 Å². The van der Waals surface area contributed by atoms with E-state index in [0.29, 0.717) is 13.0 Å². The highest BCUT2D eigenvalue weighted by atomic mass is 16.6. The molecule has 0 spiro atoms. The molecule has 6 heteroatoms. The van der Waals surface area contributed by atoms with E-state index >= 15 is 0 Å². The van der Waals surface area contributed by atoms with Crippen molar-refractivity contribution in [2.24, 2.45) is 5.73 Å². The van der Waals surface area contributed by atoms with Crippen molar-refractivity contribution in [3.8, 4) is 5.69 Å². The van der Waals surface area contributed by atoms with Gasteiger partial charge in [-0.25, -0.2) is 9.48 Å². The number of benzene rings is 1. The van der Waals surface area contributed by atoms with Gasteiger partial charge in [-0.05, 0) is 51.0 Å². The van der Waals surface area contributed by atoms with Gasteiger partial charge >= 0.3 is 6.09 Å². The summed E-state index contributed by atoms with van der Waals surface area (Å²) < 4.78 is 6.98. The van der Waals surface area contributed by atoms with Gasteiger partial charge in [0.1, 0.15) is 5.60 Å². The minimum Gasteiger partial charge on any atom is -0.444 e. The van der Waals surface area contributed by atoms with Crippen LogP contribution in [0.5, 0.6) is 0 Å². The first kappa shape index (κ1) is 17.0. The summed E-state index contributed by atoms with van der Waals surface area (Å²) in [7, 11) is 0. The summed E-state index contributed by atoms with van der Waals surface area (Å²) in [4.78, 5) is 11.6. The van der Waals surface area contributed by atoms with E-state index in [1.54, 1.807) is 10.9 Å². The highest BCUT2D eigenvalue weighted by molar-refractivity contribution is 5.67. The average molecular weight is 316 g/mol. The molecule has 1 heterocycles. The van der Waals surface area contributed by atoms with Crippen LogP contribution in [0.1, 0.15) is 26.3 Å². The zero-order valence-electron chi connectivity index (χ0n) is 13.8. The fourth-order valence-electron chi connectivity index (χ4n) is 2.11. The minimum absolute atomic E-state index is 0.168. The molecule has 0 aliphatic heterocycles. The molecule has 0 saturated carbocycles. The number of nitrogens with one attached hydrogen (secondary N) is 1. The average Bonchev–Trinajstić information content (AvgIpc) is 2.98. The Morgan fingerprint density at radius 3 is 2.61 bits per heavy atom. The van der Waals surface area contributed by atoms with Crippen molar-refractivity contribution in [3.63, 3.8) is 0 Å². The maximum Gasteiger partial charge on any atom is 0.407 e. The molecule has 6 nitrogen and oxygen atoms in total. The molecule has 1 unspecified atom stereocenters. The van der Waals surface area contributed by atoms with Crippen LogP contribution in [0.25, 0.3) is 5.69 Å². The highest BCUT2D eigenvalue weighted by Crippen LogP contribution is 2.10. The van der Waals surface area contributed by atoms with E-state index in [1.807, 2.05) is 57.3 Å². The van der Waals surface area contributed by atoms with Crippen molar-refractivity contribution < 1.29 is 9.53 Å². The number of alkyl carbamates (subject to hydrolysis) is 1. The number of nitrogens with zero attached hydrogens (tertiary/aromatic N) is 2. The predicted octanol–water partition coefficient (Wildman–Crippen LogP) is 2.27. The number of aromatic nitrogens is 2. The number of amides is 1. The van der Waals surface area contributed by atoms with Crippen molar-refractivity contribution in [1.82, 2.24) is 15.1 Å². The molecule has 0 radical (unpaired) electrons. The normalized spacial score (nSPS) is 12.7. The third kappa shape index (κ3) is 5.75. The lowest BCUT2D eigenvalue weighted by molar-refractivity contribution is 0.0524. The van der Waals surface area contributed by atoms with E-state index in [4.69, 9.17) is 10.5 Å². The molecular weight excluding hydrogens is 292 g/mol. The predicted molar refractivity (Wildman–Crippen MR) is 89.5 cm³/mol. The first-order chi connectivity index (χ1) is 10.8. The van der Waals surface area contributed by atoms with Gasteiger partial charge in [-0.1, -0.05) is 12.1 Å². The van der Waals surface area contributed by atoms with Crippen LogP contribution in [0, 0.1) is 0 Å². The van der Waals surface area contributed by atoms with Gasteiger partial charge < -0.3 is 15.8 Å². The number of carbonyl (C=O) groups is 1. The lowest BCUT2D eigenvalue weighted by Gasteiger charge is -2.20. The number of hydrogen-bond donors (Lipinski definition) is 2. The Morgan fingerprint density at radius 2 is 2.04 bits per heavy atom. The second-order valence-electron chi connectivity index (χ2n) is 6.46. The second kappa shape index (κ2) is 7.28. The Kier molecular flexibility index (Phi) is 5.39. The largest absolute Gasteiger partial charge is 0.444 e. The van der Waals surface area contributed by atoms with Crippen LogP contribution in [0.4, 0.5) is 4.79 Å². The van der Waals surface area contributed by atoms with Gasteiger partial charge in [0.25, 0.3) is 0 Å². The molecule has 0 aliphatic rings. The number of carbonyl (C=O) groups excluding carboxylic acids is 1. The Hall–Kier alpha value is -2.34. The Balaban J connectivity index is 1.81. The third-order valence-corrected chi connectivity index (χ3v) is 3.11. The second-order valence-corrected chi connectivity index (χ2v) is 6.46. The Labute approximate surface area is 136 Å². The number of hydrogen-bond acceptors (Lipinski definition) is 4. The molecule has 0 saturated heterocycles. The van der Waals surface area contributed by atoms with Crippen LogP contribution < -0.4 is 11.1 Å². The van der Waals surface area contributed by atoms with Crippen LogP contribution in [0.2, 0.25) is 0 Å². The molecule has 3 N–H and O–H groups in total. The van der Waals surface area contributed by atoms with Gasteiger partial charge in [0.2, 0.25) is 0 Å². The number of rotatable bonds is 5. The maximum atomic E-state index is 11.6. The molecule has 0 fully saturated rings. The molecular formula is C17H24N4O2. The zero-order chi connectivity index (χ0) is 16.9. The molecule has 1 aromatic heterocycles. The summed E-state index contributed by atoms with van der Waals surface area (Å²) in [6.07, 6.45) is 3.87. The van der Waals surface area contributed by atoms with Crippen LogP contribution in [-0.4, -0.2) is 34.1 Å². The summed E-state index contributed by atoms with van der Waals surface area (Å²) >= 11 is 0. The van der Waals surface area contributed by atoms with Crippen LogP contribution >= 0.6 is 0 Å². The SMILES string of the molecule is CC(C)(C)OC(=O)NCC(N)Cc1ccc(-n2cccn2)cc1. The standard InChI is InChI=1S/C17H24N4O2/c1-17(2,3)23-16(22)19-12-14(18)11-13-5-7-15(8-6-13)21-10-4-9-20-21/h4-10,14H,11-12,18H2,1-3H3,(H,19,22). The molecule has 2 rings (SSSR count). The summed E-state index contributed by atoms with van der Waals surface area (Å²) in [5.74, 6) is 0. The van der Waals surface area contributed by atoms with Crippen LogP contribution in [-0.2, 0) is 11.2 Å². The molecule has 124 valence electrons. The van der Waals surface area contributed by atoms with E-state index in [0.717, 1.165) is 11.3 Å². The van der Waals surface area contributed by atoms with Crippen molar-refractivity contribution in [2.75, 3.05) is 6.54 Å². The van der Waals surface area contributed by atoms with Crippen molar-refractivity contribution in [1.29, 1.82) is 0 Å². The van der Waals surface area contributed by atoms with E-state index in [1.165, 1.54) is 0 Å². The molecule has 0 bridgehead atoms. The zero-order valence-corrected chi connectivity index (χ0v) is 13.8. The molecule has 1 aromatic carbocycles.